The summed E-state index contributed by atoms with van der Waals surface area (Å²) in [6.07, 6.45) is 5.08. The van der Waals surface area contributed by atoms with Crippen molar-refractivity contribution in [1.82, 2.24) is 0 Å². The van der Waals surface area contributed by atoms with Gasteiger partial charge < -0.3 is 5.32 Å². The number of anilines is 2. The van der Waals surface area contributed by atoms with Crippen molar-refractivity contribution in [3.8, 4) is 0 Å². The lowest BCUT2D eigenvalue weighted by Gasteiger charge is -2.17. The van der Waals surface area contributed by atoms with Gasteiger partial charge in [0.2, 0.25) is 11.8 Å². The number of amides is 3. The summed E-state index contributed by atoms with van der Waals surface area (Å²) in [5.41, 5.74) is 2.76. The number of para-hydroxylation sites is 1. The molecule has 28 heavy (non-hydrogen) atoms. The molecule has 3 amide bonds. The number of hydrogen-bond acceptors (Lipinski definition) is 3. The first-order valence-corrected chi connectivity index (χ1v) is 9.58. The highest BCUT2D eigenvalue weighted by molar-refractivity contribution is 6.23. The average Bonchev–Trinajstić information content (AvgIpc) is 3.38. The van der Waals surface area contributed by atoms with Crippen molar-refractivity contribution in [2.75, 3.05) is 10.2 Å². The standard InChI is InChI=1S/C23H20N2O3/c1-13-4-2-3-5-18(13)24-21(26)14-8-10-17(11-9-14)25-22(27)19-15-6-7-16(12-15)20(19)23(25)28/h2-11,15-16,19-20H,12H2,1H3,(H,24,26)/t15-,16-,19-,20+/m1/s1. The number of hydrogen-bond donors (Lipinski definition) is 1. The minimum absolute atomic E-state index is 0.107. The third-order valence-electron chi connectivity index (χ3n) is 6.25. The molecule has 2 bridgehead atoms. The number of nitrogens with zero attached hydrogens (tertiary/aromatic N) is 1. The lowest BCUT2D eigenvalue weighted by molar-refractivity contribution is -0.123. The molecule has 5 heteroatoms. The van der Waals surface area contributed by atoms with Crippen LogP contribution in [0.3, 0.4) is 0 Å². The normalized spacial score (nSPS) is 27.4. The molecule has 4 atom stereocenters. The van der Waals surface area contributed by atoms with E-state index in [4.69, 9.17) is 0 Å². The van der Waals surface area contributed by atoms with E-state index in [0.29, 0.717) is 11.3 Å². The minimum atomic E-state index is -0.223. The number of imide groups is 1. The zero-order chi connectivity index (χ0) is 19.4. The van der Waals surface area contributed by atoms with Gasteiger partial charge in [-0.2, -0.15) is 0 Å². The quantitative estimate of drug-likeness (QED) is 0.662. The molecule has 2 fully saturated rings. The van der Waals surface area contributed by atoms with E-state index in [1.165, 1.54) is 4.90 Å². The largest absolute Gasteiger partial charge is 0.322 e. The average molecular weight is 372 g/mol. The zero-order valence-electron chi connectivity index (χ0n) is 15.5. The summed E-state index contributed by atoms with van der Waals surface area (Å²) in [6.45, 7) is 1.93. The van der Waals surface area contributed by atoms with Gasteiger partial charge in [-0.25, -0.2) is 0 Å². The second-order valence-corrected chi connectivity index (χ2v) is 7.83. The number of nitrogens with one attached hydrogen (secondary N) is 1. The number of aryl methyl sites for hydroxylation is 1. The second kappa shape index (κ2) is 6.16. The Morgan fingerprint density at radius 3 is 2.14 bits per heavy atom. The Morgan fingerprint density at radius 2 is 1.54 bits per heavy atom. The molecule has 1 saturated carbocycles. The summed E-state index contributed by atoms with van der Waals surface area (Å²) in [5.74, 6) is -0.490. The van der Waals surface area contributed by atoms with E-state index in [2.05, 4.69) is 17.5 Å². The molecule has 1 N–H and O–H groups in total. The van der Waals surface area contributed by atoms with Crippen molar-refractivity contribution in [2.24, 2.45) is 23.7 Å². The van der Waals surface area contributed by atoms with E-state index in [1.807, 2.05) is 31.2 Å². The van der Waals surface area contributed by atoms with Crippen LogP contribution in [0.15, 0.2) is 60.7 Å². The molecule has 0 aromatic heterocycles. The van der Waals surface area contributed by atoms with Crippen LogP contribution in [0.1, 0.15) is 22.3 Å². The summed E-state index contributed by atoms with van der Waals surface area (Å²) in [7, 11) is 0. The Balaban J connectivity index is 1.36. The summed E-state index contributed by atoms with van der Waals surface area (Å²) >= 11 is 0. The van der Waals surface area contributed by atoms with Gasteiger partial charge in [0.15, 0.2) is 0 Å². The number of benzene rings is 2. The fourth-order valence-electron chi connectivity index (χ4n) is 4.83. The van der Waals surface area contributed by atoms with Crippen molar-refractivity contribution in [3.63, 3.8) is 0 Å². The van der Waals surface area contributed by atoms with Gasteiger partial charge in [-0.3, -0.25) is 19.3 Å². The Kier molecular flexibility index (Phi) is 3.72. The van der Waals surface area contributed by atoms with Crippen LogP contribution in [0.25, 0.3) is 0 Å². The van der Waals surface area contributed by atoms with Crippen LogP contribution in [-0.4, -0.2) is 17.7 Å². The third kappa shape index (κ3) is 2.43. The highest BCUT2D eigenvalue weighted by atomic mass is 16.2. The molecule has 0 spiro atoms. The molecule has 2 aromatic rings. The number of carbonyl (C=O) groups is 3. The fourth-order valence-corrected chi connectivity index (χ4v) is 4.83. The Labute approximate surface area is 163 Å². The van der Waals surface area contributed by atoms with Gasteiger partial charge in [0.05, 0.1) is 17.5 Å². The van der Waals surface area contributed by atoms with Crippen LogP contribution in [0, 0.1) is 30.6 Å². The van der Waals surface area contributed by atoms with Gasteiger partial charge in [-0.1, -0.05) is 30.4 Å². The molecule has 0 radical (unpaired) electrons. The van der Waals surface area contributed by atoms with E-state index in [-0.39, 0.29) is 41.4 Å². The van der Waals surface area contributed by atoms with E-state index in [0.717, 1.165) is 17.7 Å². The summed E-state index contributed by atoms with van der Waals surface area (Å²) in [6, 6.07) is 14.2. The number of carbonyl (C=O) groups excluding carboxylic acids is 3. The maximum Gasteiger partial charge on any atom is 0.255 e. The molecule has 1 aliphatic heterocycles. The minimum Gasteiger partial charge on any atom is -0.322 e. The van der Waals surface area contributed by atoms with Crippen LogP contribution < -0.4 is 10.2 Å². The maximum absolute atomic E-state index is 12.9. The van der Waals surface area contributed by atoms with Gasteiger partial charge in [0, 0.05) is 11.3 Å². The molecule has 5 rings (SSSR count). The monoisotopic (exact) mass is 372 g/mol. The smallest absolute Gasteiger partial charge is 0.255 e. The van der Waals surface area contributed by atoms with Crippen molar-refractivity contribution in [2.45, 2.75) is 13.3 Å². The number of rotatable bonds is 3. The van der Waals surface area contributed by atoms with E-state index >= 15 is 0 Å². The van der Waals surface area contributed by atoms with Crippen LogP contribution in [0.2, 0.25) is 0 Å². The highest BCUT2D eigenvalue weighted by Crippen LogP contribution is 2.53. The Morgan fingerprint density at radius 1 is 0.929 bits per heavy atom. The topological polar surface area (TPSA) is 66.5 Å². The highest BCUT2D eigenvalue weighted by Gasteiger charge is 2.59. The van der Waals surface area contributed by atoms with Crippen LogP contribution >= 0.6 is 0 Å². The molecule has 140 valence electrons. The van der Waals surface area contributed by atoms with Gasteiger partial charge >= 0.3 is 0 Å². The van der Waals surface area contributed by atoms with Gasteiger partial charge in [0.1, 0.15) is 0 Å². The fraction of sp³-hybridized carbons (Fsp3) is 0.261. The molecule has 1 heterocycles. The molecule has 0 unspecified atom stereocenters. The lowest BCUT2D eigenvalue weighted by Crippen LogP contribution is -2.32. The predicted molar refractivity (Wildman–Crippen MR) is 106 cm³/mol. The van der Waals surface area contributed by atoms with Crippen molar-refractivity contribution >= 4 is 29.1 Å². The van der Waals surface area contributed by atoms with Gasteiger partial charge in [0.25, 0.3) is 5.91 Å². The third-order valence-corrected chi connectivity index (χ3v) is 6.25. The van der Waals surface area contributed by atoms with E-state index in [1.54, 1.807) is 24.3 Å². The van der Waals surface area contributed by atoms with Crippen LogP contribution in [0.4, 0.5) is 11.4 Å². The molecule has 2 aromatic carbocycles. The first kappa shape index (κ1) is 16.9. The van der Waals surface area contributed by atoms with E-state index in [9.17, 15) is 14.4 Å². The number of allylic oxidation sites excluding steroid dienone is 2. The number of fused-ring (bicyclic) bond motifs is 5. The van der Waals surface area contributed by atoms with Crippen molar-refractivity contribution < 1.29 is 14.4 Å². The summed E-state index contributed by atoms with van der Waals surface area (Å²) < 4.78 is 0. The zero-order valence-corrected chi connectivity index (χ0v) is 15.5. The predicted octanol–water partition coefficient (Wildman–Crippen LogP) is 3.56. The van der Waals surface area contributed by atoms with Crippen LogP contribution in [0.5, 0.6) is 0 Å². The SMILES string of the molecule is Cc1ccccc1NC(=O)c1ccc(N2C(=O)[C@@H]3[C@H](C2=O)[C@@H]2C=C[C@@H]3C2)cc1. The summed E-state index contributed by atoms with van der Waals surface area (Å²) in [4.78, 5) is 39.6. The maximum atomic E-state index is 12.9. The first-order valence-electron chi connectivity index (χ1n) is 9.58. The molecule has 5 nitrogen and oxygen atoms in total. The molecule has 1 saturated heterocycles. The molecular formula is C23H20N2O3. The summed E-state index contributed by atoms with van der Waals surface area (Å²) in [5, 5.41) is 2.89. The molecule has 3 aliphatic rings. The van der Waals surface area contributed by atoms with E-state index < -0.39 is 0 Å². The molecular weight excluding hydrogens is 352 g/mol. The first-order chi connectivity index (χ1) is 13.5. The van der Waals surface area contributed by atoms with Crippen LogP contribution in [-0.2, 0) is 9.59 Å². The Bertz CT molecular complexity index is 994. The van der Waals surface area contributed by atoms with Gasteiger partial charge in [-0.15, -0.1) is 0 Å². The lowest BCUT2D eigenvalue weighted by atomic mass is 9.85. The molecule has 2 aliphatic carbocycles. The van der Waals surface area contributed by atoms with Crippen molar-refractivity contribution in [1.29, 1.82) is 0 Å². The van der Waals surface area contributed by atoms with Gasteiger partial charge in [-0.05, 0) is 61.1 Å². The Hall–Kier alpha value is -3.21. The van der Waals surface area contributed by atoms with Crippen molar-refractivity contribution in [3.05, 3.63) is 71.8 Å². The second-order valence-electron chi connectivity index (χ2n) is 7.83.